The van der Waals surface area contributed by atoms with Crippen molar-refractivity contribution in [3.05, 3.63) is 0 Å². The Bertz CT molecular complexity index is 1030. The first-order valence-corrected chi connectivity index (χ1v) is 14.9. The van der Waals surface area contributed by atoms with Gasteiger partial charge in [-0.25, -0.2) is 14.4 Å². The van der Waals surface area contributed by atoms with Crippen molar-refractivity contribution in [2.24, 2.45) is 0 Å². The molecule has 0 rings (SSSR count). The molecule has 20 heteroatoms. The fourth-order valence-electron chi connectivity index (χ4n) is 3.40. The number of esters is 2. The normalized spacial score (nSPS) is 11.5. The maximum absolute atomic E-state index is 12.6. The van der Waals surface area contributed by atoms with Crippen LogP contribution in [0.3, 0.4) is 0 Å². The molecule has 0 fully saturated rings. The molecule has 20 nitrogen and oxygen atoms in total. The van der Waals surface area contributed by atoms with Gasteiger partial charge in [-0.2, -0.15) is 9.78 Å². The Kier molecular flexibility index (Phi) is 23.8. The minimum absolute atomic E-state index is 0.0704. The van der Waals surface area contributed by atoms with E-state index < -0.39 is 79.5 Å². The number of ether oxygens (including phenoxy) is 2. The van der Waals surface area contributed by atoms with Crippen molar-refractivity contribution in [1.82, 2.24) is 31.9 Å². The molecule has 0 spiro atoms. The quantitative estimate of drug-likeness (QED) is 0.0298. The summed E-state index contributed by atoms with van der Waals surface area (Å²) in [5.74, 6) is -4.27. The molecule has 0 aromatic heterocycles. The molecule has 0 saturated carbocycles. The van der Waals surface area contributed by atoms with Gasteiger partial charge >= 0.3 is 24.1 Å². The molecule has 0 saturated heterocycles. The highest BCUT2D eigenvalue weighted by molar-refractivity contribution is 5.92. The van der Waals surface area contributed by atoms with Gasteiger partial charge in [0, 0.05) is 13.0 Å². The molecule has 0 aromatic carbocycles. The fourth-order valence-corrected chi connectivity index (χ4v) is 3.40. The lowest BCUT2D eigenvalue weighted by Gasteiger charge is -2.18. The van der Waals surface area contributed by atoms with E-state index in [1.54, 1.807) is 6.92 Å². The van der Waals surface area contributed by atoms with Crippen molar-refractivity contribution < 1.29 is 67.4 Å². The molecule has 0 aliphatic carbocycles. The summed E-state index contributed by atoms with van der Waals surface area (Å²) in [4.78, 5) is 113. The van der Waals surface area contributed by atoms with E-state index in [9.17, 15) is 38.4 Å². The molecule has 0 aromatic rings. The average molecular weight is 679 g/mol. The van der Waals surface area contributed by atoms with Gasteiger partial charge in [-0.15, -0.1) is 0 Å². The average Bonchev–Trinajstić information content (AvgIpc) is 3.04. The van der Waals surface area contributed by atoms with Crippen LogP contribution in [0.5, 0.6) is 0 Å². The van der Waals surface area contributed by atoms with Gasteiger partial charge < -0.3 is 41.4 Å². The molecule has 268 valence electrons. The van der Waals surface area contributed by atoms with Crippen molar-refractivity contribution >= 4 is 47.8 Å². The zero-order valence-corrected chi connectivity index (χ0v) is 27.1. The summed E-state index contributed by atoms with van der Waals surface area (Å²) in [5.41, 5.74) is 0. The van der Waals surface area contributed by atoms with E-state index in [0.29, 0.717) is 25.7 Å². The van der Waals surface area contributed by atoms with Gasteiger partial charge in [0.25, 0.3) is 0 Å². The predicted octanol–water partition coefficient (Wildman–Crippen LogP) is -1.38. The van der Waals surface area contributed by atoms with E-state index in [0.717, 1.165) is 14.2 Å². The van der Waals surface area contributed by atoms with Crippen LogP contribution in [-0.4, -0.2) is 113 Å². The number of hydrogen-bond donors (Lipinski definition) is 6. The molecule has 0 bridgehead atoms. The molecule has 0 aliphatic rings. The fraction of sp³-hybridized carbons (Fsp3) is 0.704. The van der Waals surface area contributed by atoms with E-state index in [2.05, 4.69) is 51.5 Å². The highest BCUT2D eigenvalue weighted by atomic mass is 17.2. The number of amides is 6. The summed E-state index contributed by atoms with van der Waals surface area (Å²) in [6, 6.07) is -2.28. The largest absolute Gasteiger partial charge is 0.466 e. The minimum Gasteiger partial charge on any atom is -0.466 e. The SMILES string of the molecule is CCCOC(=O)CCC(NC(=O)CNC(=O)CNC(=O)CNC(=O)C(CCCCNC(=O)OOC)NC(=O)OOC)C(=O)OCCC. The second-order valence-corrected chi connectivity index (χ2v) is 9.51. The molecular weight excluding hydrogens is 632 g/mol. The highest BCUT2D eigenvalue weighted by Crippen LogP contribution is 2.04. The molecular formula is C27H46N6O14. The summed E-state index contributed by atoms with van der Waals surface area (Å²) in [6.45, 7) is 2.50. The zero-order valence-electron chi connectivity index (χ0n) is 27.1. The van der Waals surface area contributed by atoms with E-state index in [1.165, 1.54) is 0 Å². The third-order valence-electron chi connectivity index (χ3n) is 5.60. The van der Waals surface area contributed by atoms with Crippen LogP contribution in [0.15, 0.2) is 0 Å². The lowest BCUT2D eigenvalue weighted by molar-refractivity contribution is -0.213. The zero-order chi connectivity index (χ0) is 35.5. The maximum Gasteiger partial charge on any atom is 0.439 e. The van der Waals surface area contributed by atoms with E-state index >= 15 is 0 Å². The Morgan fingerprint density at radius 2 is 1.17 bits per heavy atom. The van der Waals surface area contributed by atoms with Gasteiger partial charge in [0.2, 0.25) is 23.6 Å². The summed E-state index contributed by atoms with van der Waals surface area (Å²) in [5, 5.41) is 13.9. The van der Waals surface area contributed by atoms with Gasteiger partial charge in [-0.05, 0) is 38.5 Å². The number of carbonyl (C=O) groups is 8. The molecule has 2 atom stereocenters. The van der Waals surface area contributed by atoms with Crippen LogP contribution in [0.25, 0.3) is 0 Å². The Morgan fingerprint density at radius 3 is 1.79 bits per heavy atom. The Labute approximate surface area is 271 Å². The monoisotopic (exact) mass is 678 g/mol. The molecule has 0 radical (unpaired) electrons. The van der Waals surface area contributed by atoms with E-state index in [4.69, 9.17) is 9.47 Å². The molecule has 2 unspecified atom stereocenters. The number of nitrogens with one attached hydrogen (secondary N) is 6. The Balaban J connectivity index is 4.70. The third-order valence-corrected chi connectivity index (χ3v) is 5.60. The van der Waals surface area contributed by atoms with Crippen molar-refractivity contribution in [3.63, 3.8) is 0 Å². The lowest BCUT2D eigenvalue weighted by Crippen LogP contribution is -2.50. The van der Waals surface area contributed by atoms with E-state index in [-0.39, 0.29) is 39.0 Å². The summed E-state index contributed by atoms with van der Waals surface area (Å²) in [6.07, 6.45) is -0.0513. The van der Waals surface area contributed by atoms with Crippen LogP contribution >= 0.6 is 0 Å². The smallest absolute Gasteiger partial charge is 0.439 e. The summed E-state index contributed by atoms with van der Waals surface area (Å²) >= 11 is 0. The second-order valence-electron chi connectivity index (χ2n) is 9.51. The minimum atomic E-state index is -1.14. The topological polar surface area (TPSA) is 264 Å². The van der Waals surface area contributed by atoms with Crippen LogP contribution in [0.2, 0.25) is 0 Å². The molecule has 6 N–H and O–H groups in total. The van der Waals surface area contributed by atoms with Crippen LogP contribution in [0.1, 0.15) is 58.8 Å². The van der Waals surface area contributed by atoms with Crippen LogP contribution < -0.4 is 31.9 Å². The first-order valence-electron chi connectivity index (χ1n) is 14.9. The Morgan fingerprint density at radius 1 is 0.596 bits per heavy atom. The Hall–Kier alpha value is -4.72. The number of carbonyl (C=O) groups excluding carboxylic acids is 8. The van der Waals surface area contributed by atoms with Crippen molar-refractivity contribution in [3.8, 4) is 0 Å². The van der Waals surface area contributed by atoms with Crippen molar-refractivity contribution in [2.75, 3.05) is 53.6 Å². The summed E-state index contributed by atoms with van der Waals surface area (Å²) in [7, 11) is 2.25. The first-order chi connectivity index (χ1) is 22.5. The second kappa shape index (κ2) is 26.5. The van der Waals surface area contributed by atoms with Gasteiger partial charge in [0.05, 0.1) is 47.1 Å². The molecule has 0 aliphatic heterocycles. The predicted molar refractivity (Wildman–Crippen MR) is 158 cm³/mol. The first kappa shape index (κ1) is 42.3. The van der Waals surface area contributed by atoms with Gasteiger partial charge in [0.1, 0.15) is 12.1 Å². The highest BCUT2D eigenvalue weighted by Gasteiger charge is 2.24. The lowest BCUT2D eigenvalue weighted by atomic mass is 10.1. The van der Waals surface area contributed by atoms with Crippen molar-refractivity contribution in [1.29, 1.82) is 0 Å². The molecule has 6 amide bonds. The van der Waals surface area contributed by atoms with Crippen LogP contribution in [0, 0.1) is 0 Å². The summed E-state index contributed by atoms with van der Waals surface area (Å²) < 4.78 is 10.0. The molecule has 47 heavy (non-hydrogen) atoms. The molecule has 0 heterocycles. The van der Waals surface area contributed by atoms with Crippen molar-refractivity contribution in [2.45, 2.75) is 70.9 Å². The van der Waals surface area contributed by atoms with Gasteiger partial charge in [-0.3, -0.25) is 33.7 Å². The number of rotatable bonds is 24. The van der Waals surface area contributed by atoms with Gasteiger partial charge in [-0.1, -0.05) is 13.8 Å². The number of hydrogen-bond acceptors (Lipinski definition) is 14. The third kappa shape index (κ3) is 22.4. The maximum atomic E-state index is 12.6. The van der Waals surface area contributed by atoms with Crippen LogP contribution in [-0.2, 0) is 57.8 Å². The standard InChI is InChI=1S/C27H46N6O14/c1-5-13-44-23(37)11-10-19(25(39)45-14-6-2)32-22(36)17-30-20(34)15-29-21(35)16-31-24(38)18(33-27(41)47-43-4)9-7-8-12-28-26(40)46-42-3/h18-19H,5-17H2,1-4H3,(H,28,40)(H,29,35)(H,30,34)(H,31,38)(H,32,36)(H,33,41). The van der Waals surface area contributed by atoms with Crippen LogP contribution in [0.4, 0.5) is 9.59 Å². The number of unbranched alkanes of at least 4 members (excludes halogenated alkanes) is 1. The van der Waals surface area contributed by atoms with E-state index in [1.807, 2.05) is 6.92 Å². The van der Waals surface area contributed by atoms with Gasteiger partial charge in [0.15, 0.2) is 0 Å².